The summed E-state index contributed by atoms with van der Waals surface area (Å²) >= 11 is 0. The van der Waals surface area contributed by atoms with Gasteiger partial charge in [-0.1, -0.05) is 24.3 Å². The molecule has 1 N–H and O–H groups in total. The molecule has 1 aliphatic rings. The van der Waals surface area contributed by atoms with Gasteiger partial charge in [-0.2, -0.15) is 5.10 Å². The van der Waals surface area contributed by atoms with Crippen molar-refractivity contribution in [1.82, 2.24) is 9.78 Å². The molecule has 0 aliphatic carbocycles. The largest absolute Gasteiger partial charge is 0.497 e. The van der Waals surface area contributed by atoms with E-state index in [0.29, 0.717) is 6.42 Å². The Morgan fingerprint density at radius 3 is 2.81 bits per heavy atom. The van der Waals surface area contributed by atoms with E-state index in [1.165, 1.54) is 5.56 Å². The molecule has 0 saturated heterocycles. The van der Waals surface area contributed by atoms with Crippen molar-refractivity contribution in [2.45, 2.75) is 26.2 Å². The lowest BCUT2D eigenvalue weighted by atomic mass is 9.87. The van der Waals surface area contributed by atoms with Crippen molar-refractivity contribution in [2.24, 2.45) is 0 Å². The molecular weight excluding hydrogens is 326 g/mol. The van der Waals surface area contributed by atoms with Gasteiger partial charge in [-0.15, -0.1) is 0 Å². The van der Waals surface area contributed by atoms with Crippen molar-refractivity contribution in [1.29, 1.82) is 0 Å². The average Bonchev–Trinajstić information content (AvgIpc) is 3.07. The number of ether oxygens (including phenoxy) is 1. The summed E-state index contributed by atoms with van der Waals surface area (Å²) < 4.78 is 7.18. The number of hydrogen-bond donors (Lipinski definition) is 1. The van der Waals surface area contributed by atoms with E-state index < -0.39 is 0 Å². The van der Waals surface area contributed by atoms with Gasteiger partial charge in [0.25, 0.3) is 0 Å². The van der Waals surface area contributed by atoms with Gasteiger partial charge in [-0.05, 0) is 48.7 Å². The van der Waals surface area contributed by atoms with Crippen LogP contribution >= 0.6 is 0 Å². The van der Waals surface area contributed by atoms with Crippen molar-refractivity contribution < 1.29 is 9.53 Å². The van der Waals surface area contributed by atoms with E-state index >= 15 is 0 Å². The monoisotopic (exact) mass is 347 g/mol. The Hall–Kier alpha value is -3.08. The number of carbonyl (C=O) groups is 1. The van der Waals surface area contributed by atoms with Crippen molar-refractivity contribution in [3.05, 3.63) is 70.9 Å². The number of rotatable bonds is 3. The number of hydrogen-bond acceptors (Lipinski definition) is 3. The van der Waals surface area contributed by atoms with Gasteiger partial charge in [0.15, 0.2) is 0 Å². The van der Waals surface area contributed by atoms with Crippen LogP contribution in [0.25, 0.3) is 5.69 Å². The molecule has 0 bridgehead atoms. The Bertz CT molecular complexity index is 991. The quantitative estimate of drug-likeness (QED) is 0.780. The van der Waals surface area contributed by atoms with Crippen LogP contribution in [0, 0.1) is 13.8 Å². The molecule has 1 aliphatic heterocycles. The van der Waals surface area contributed by atoms with Crippen LogP contribution in [-0.2, 0) is 4.79 Å². The molecule has 0 radical (unpaired) electrons. The maximum atomic E-state index is 12.4. The summed E-state index contributed by atoms with van der Waals surface area (Å²) in [6.07, 6.45) is 2.26. The number of nitrogens with zero attached hydrogens (tertiary/aromatic N) is 2. The van der Waals surface area contributed by atoms with E-state index in [9.17, 15) is 4.79 Å². The third kappa shape index (κ3) is 2.65. The van der Waals surface area contributed by atoms with Crippen LogP contribution in [0.3, 0.4) is 0 Å². The number of aromatic nitrogens is 2. The van der Waals surface area contributed by atoms with E-state index in [1.54, 1.807) is 7.11 Å². The molecule has 1 amide bonds. The van der Waals surface area contributed by atoms with Gasteiger partial charge >= 0.3 is 0 Å². The summed E-state index contributed by atoms with van der Waals surface area (Å²) in [4.78, 5) is 12.4. The first kappa shape index (κ1) is 16.4. The molecule has 5 nitrogen and oxygen atoms in total. The Kier molecular flexibility index (Phi) is 3.99. The zero-order chi connectivity index (χ0) is 18.3. The van der Waals surface area contributed by atoms with Gasteiger partial charge in [-0.25, -0.2) is 4.68 Å². The maximum absolute atomic E-state index is 12.4. The fourth-order valence-corrected chi connectivity index (χ4v) is 3.52. The van der Waals surface area contributed by atoms with Crippen molar-refractivity contribution >= 4 is 11.7 Å². The highest BCUT2D eigenvalue weighted by atomic mass is 16.5. The second-order valence-electron chi connectivity index (χ2n) is 6.66. The van der Waals surface area contributed by atoms with Gasteiger partial charge in [0, 0.05) is 17.9 Å². The predicted octanol–water partition coefficient (Wildman–Crippen LogP) is 3.97. The highest BCUT2D eigenvalue weighted by molar-refractivity contribution is 5.94. The standard InChI is InChI=1S/C21H21N3O2/c1-13-6-4-9-19(14(13)2)24-21-18(12-22-24)17(11-20(25)23-21)15-7-5-8-16(10-15)26-3/h4-10,12,17H,11H2,1-3H3,(H,23,25). The first-order valence-corrected chi connectivity index (χ1v) is 8.67. The number of anilines is 1. The summed E-state index contributed by atoms with van der Waals surface area (Å²) in [5.41, 5.74) is 5.41. The molecule has 0 fully saturated rings. The molecule has 2 aromatic carbocycles. The minimum Gasteiger partial charge on any atom is -0.497 e. The Balaban J connectivity index is 1.84. The van der Waals surface area contributed by atoms with Crippen LogP contribution in [-0.4, -0.2) is 22.8 Å². The fraction of sp³-hybridized carbons (Fsp3) is 0.238. The summed E-state index contributed by atoms with van der Waals surface area (Å²) in [6, 6.07) is 14.0. The summed E-state index contributed by atoms with van der Waals surface area (Å²) in [5, 5.41) is 7.61. The molecule has 26 heavy (non-hydrogen) atoms. The minimum absolute atomic E-state index is 0.00243. The minimum atomic E-state index is -0.0345. The summed E-state index contributed by atoms with van der Waals surface area (Å²) in [7, 11) is 1.65. The topological polar surface area (TPSA) is 56.1 Å². The van der Waals surface area contributed by atoms with Gasteiger partial charge in [0.2, 0.25) is 5.91 Å². The number of benzene rings is 2. The zero-order valence-electron chi connectivity index (χ0n) is 15.1. The van der Waals surface area contributed by atoms with Crippen LogP contribution in [0.4, 0.5) is 5.82 Å². The first-order valence-electron chi connectivity index (χ1n) is 8.67. The molecule has 1 unspecified atom stereocenters. The SMILES string of the molecule is COc1cccc(C2CC(=O)Nc3c2cnn3-c2cccc(C)c2C)c1. The lowest BCUT2D eigenvalue weighted by Crippen LogP contribution is -2.24. The zero-order valence-corrected chi connectivity index (χ0v) is 15.1. The molecule has 5 heteroatoms. The van der Waals surface area contributed by atoms with Crippen LogP contribution in [0.15, 0.2) is 48.7 Å². The van der Waals surface area contributed by atoms with E-state index in [2.05, 4.69) is 30.3 Å². The Morgan fingerprint density at radius 1 is 1.19 bits per heavy atom. The van der Waals surface area contributed by atoms with Crippen molar-refractivity contribution in [3.8, 4) is 11.4 Å². The van der Waals surface area contributed by atoms with E-state index in [-0.39, 0.29) is 11.8 Å². The molecule has 1 aromatic heterocycles. The number of methoxy groups -OCH3 is 1. The number of carbonyl (C=O) groups excluding carboxylic acids is 1. The average molecular weight is 347 g/mol. The molecule has 132 valence electrons. The number of aryl methyl sites for hydroxylation is 1. The second kappa shape index (κ2) is 6.33. The normalized spacial score (nSPS) is 16.1. The van der Waals surface area contributed by atoms with Crippen LogP contribution in [0.5, 0.6) is 5.75 Å². The Labute approximate surface area is 152 Å². The van der Waals surface area contributed by atoms with Gasteiger partial charge in [0.1, 0.15) is 11.6 Å². The molecule has 2 heterocycles. The van der Waals surface area contributed by atoms with Gasteiger partial charge < -0.3 is 10.1 Å². The lowest BCUT2D eigenvalue weighted by molar-refractivity contribution is -0.116. The smallest absolute Gasteiger partial charge is 0.226 e. The highest BCUT2D eigenvalue weighted by Crippen LogP contribution is 2.39. The lowest BCUT2D eigenvalue weighted by Gasteiger charge is -2.24. The van der Waals surface area contributed by atoms with Crippen molar-refractivity contribution in [3.63, 3.8) is 0 Å². The Morgan fingerprint density at radius 2 is 2.00 bits per heavy atom. The van der Waals surface area contributed by atoms with Crippen LogP contribution in [0.2, 0.25) is 0 Å². The number of fused-ring (bicyclic) bond motifs is 1. The highest BCUT2D eigenvalue weighted by Gasteiger charge is 2.30. The van der Waals surface area contributed by atoms with E-state index in [1.807, 2.05) is 47.3 Å². The molecule has 0 saturated carbocycles. The molecule has 3 aromatic rings. The molecule has 1 atom stereocenters. The van der Waals surface area contributed by atoms with E-state index in [4.69, 9.17) is 4.74 Å². The number of nitrogens with one attached hydrogen (secondary N) is 1. The van der Waals surface area contributed by atoms with Gasteiger partial charge in [-0.3, -0.25) is 4.79 Å². The van der Waals surface area contributed by atoms with Gasteiger partial charge in [0.05, 0.1) is 19.0 Å². The first-order chi connectivity index (χ1) is 12.6. The van der Waals surface area contributed by atoms with Crippen LogP contribution in [0.1, 0.15) is 34.6 Å². The molecule has 0 spiro atoms. The predicted molar refractivity (Wildman–Crippen MR) is 101 cm³/mol. The van der Waals surface area contributed by atoms with E-state index in [0.717, 1.165) is 33.9 Å². The fourth-order valence-electron chi connectivity index (χ4n) is 3.52. The molecule has 4 rings (SSSR count). The van der Waals surface area contributed by atoms with Crippen molar-refractivity contribution in [2.75, 3.05) is 12.4 Å². The third-order valence-electron chi connectivity index (χ3n) is 5.12. The second-order valence-corrected chi connectivity index (χ2v) is 6.66. The third-order valence-corrected chi connectivity index (χ3v) is 5.12. The summed E-state index contributed by atoms with van der Waals surface area (Å²) in [5.74, 6) is 1.50. The summed E-state index contributed by atoms with van der Waals surface area (Å²) in [6.45, 7) is 4.15. The number of amides is 1. The maximum Gasteiger partial charge on any atom is 0.226 e. The van der Waals surface area contributed by atoms with Crippen LogP contribution < -0.4 is 10.1 Å². The molecular formula is C21H21N3O2.